The third-order valence-corrected chi connectivity index (χ3v) is 11.6. The number of rotatable bonds is 3. The van der Waals surface area contributed by atoms with Gasteiger partial charge in [-0.25, -0.2) is 0 Å². The summed E-state index contributed by atoms with van der Waals surface area (Å²) in [7, 11) is -1.87. The van der Waals surface area contributed by atoms with E-state index in [1.54, 1.807) is 6.07 Å². The maximum atomic E-state index is 9.14. The van der Waals surface area contributed by atoms with Crippen LogP contribution < -0.4 is 0 Å². The summed E-state index contributed by atoms with van der Waals surface area (Å²) in [6, 6.07) is 6.25. The largest absolute Gasteiger partial charge is 0.462 e. The van der Waals surface area contributed by atoms with Crippen LogP contribution in [0.3, 0.4) is 0 Å². The number of hydrogen-bond donors (Lipinski definition) is 0. The van der Waals surface area contributed by atoms with E-state index in [4.69, 9.17) is 31.0 Å². The Morgan fingerprint density at radius 3 is 2.68 bits per heavy atom. The van der Waals surface area contributed by atoms with Crippen molar-refractivity contribution in [2.24, 2.45) is 4.99 Å². The second-order valence-electron chi connectivity index (χ2n) is 9.53. The first-order valence-corrected chi connectivity index (χ1v) is 13.1. The zero-order valence-corrected chi connectivity index (χ0v) is 19.6. The lowest BCUT2D eigenvalue weighted by Crippen LogP contribution is -2.53. The number of aliphatic imine (C=N–C) groups is 1. The number of nitrogens with zero attached hydrogens (tertiary/aromatic N) is 3. The van der Waals surface area contributed by atoms with Crippen molar-refractivity contribution in [3.63, 3.8) is 0 Å². The van der Waals surface area contributed by atoms with Crippen molar-refractivity contribution in [2.45, 2.75) is 70.8 Å². The van der Waals surface area contributed by atoms with Gasteiger partial charge in [-0.05, 0) is 56.1 Å². The van der Waals surface area contributed by atoms with Crippen molar-refractivity contribution in [1.82, 2.24) is 4.90 Å². The van der Waals surface area contributed by atoms with E-state index in [-0.39, 0.29) is 16.7 Å². The maximum absolute atomic E-state index is 9.14. The lowest BCUT2D eigenvalue weighted by molar-refractivity contribution is 0.0794. The first-order valence-electron chi connectivity index (χ1n) is 9.77. The molecule has 5 nitrogen and oxygen atoms in total. The van der Waals surface area contributed by atoms with Gasteiger partial charge in [0.15, 0.2) is 8.32 Å². The normalized spacial score (nSPS) is 26.3. The van der Waals surface area contributed by atoms with Gasteiger partial charge in [0.05, 0.1) is 22.4 Å². The predicted molar refractivity (Wildman–Crippen MR) is 116 cm³/mol. The average molecular weight is 420 g/mol. The molecule has 0 saturated carbocycles. The van der Waals surface area contributed by atoms with Gasteiger partial charge in [-0.2, -0.15) is 10.3 Å². The van der Waals surface area contributed by atoms with Gasteiger partial charge >= 0.3 is 0 Å². The van der Waals surface area contributed by atoms with Crippen LogP contribution in [-0.4, -0.2) is 44.0 Å². The Balaban J connectivity index is 1.86. The molecule has 2 fully saturated rings. The van der Waals surface area contributed by atoms with E-state index in [2.05, 4.69) is 51.8 Å². The van der Waals surface area contributed by atoms with E-state index in [9.17, 15) is 0 Å². The summed E-state index contributed by atoms with van der Waals surface area (Å²) in [5.74, 6) is 0. The topological polar surface area (TPSA) is 57.9 Å². The minimum absolute atomic E-state index is 0.131. The van der Waals surface area contributed by atoms with Gasteiger partial charge in [-0.3, -0.25) is 0 Å². The van der Waals surface area contributed by atoms with Crippen LogP contribution in [0.5, 0.6) is 0 Å². The van der Waals surface area contributed by atoms with Crippen molar-refractivity contribution < 1.29 is 9.16 Å². The lowest BCUT2D eigenvalue weighted by Gasteiger charge is -2.42. The molecule has 28 heavy (non-hydrogen) atoms. The molecule has 152 valence electrons. The molecule has 0 unspecified atom stereocenters. The second-order valence-corrected chi connectivity index (χ2v) is 14.7. The summed E-state index contributed by atoms with van der Waals surface area (Å²) in [6.07, 6.45) is 1.10. The standard InChI is InChI=1S/C21H30ClN3O2Si/c1-14-16(9-8-15(12-23)18(14)22)24-19-25-11-10-17(21(25,5)13-26-19)27-28(6,7)20(2,3)4/h8-9,17H,10-11,13H2,1-7H3/t17-,21+/m0/s1. The molecule has 2 aliphatic rings. The fourth-order valence-corrected chi connectivity index (χ4v) is 5.20. The van der Waals surface area contributed by atoms with Crippen LogP contribution in [0.1, 0.15) is 45.2 Å². The predicted octanol–water partition coefficient (Wildman–Crippen LogP) is 5.39. The summed E-state index contributed by atoms with van der Waals surface area (Å²) < 4.78 is 12.8. The SMILES string of the molecule is Cc1c(N=C2OC[C@]3(C)[C@@H](O[Si](C)(C)C(C)(C)C)CCN23)ccc(C#N)c1Cl. The highest BCUT2D eigenvalue weighted by Crippen LogP contribution is 2.44. The van der Waals surface area contributed by atoms with Crippen LogP contribution in [0.15, 0.2) is 17.1 Å². The average Bonchev–Trinajstić information content (AvgIpc) is 3.07. The molecule has 3 rings (SSSR count). The monoisotopic (exact) mass is 419 g/mol. The molecule has 2 heterocycles. The first kappa shape index (κ1) is 21.2. The minimum atomic E-state index is -1.87. The minimum Gasteiger partial charge on any atom is -0.462 e. The molecule has 0 bridgehead atoms. The molecule has 0 spiro atoms. The van der Waals surface area contributed by atoms with Crippen LogP contribution in [0.25, 0.3) is 0 Å². The molecule has 7 heteroatoms. The summed E-state index contributed by atoms with van der Waals surface area (Å²) in [5, 5.41) is 9.76. The van der Waals surface area contributed by atoms with Gasteiger partial charge in [0.25, 0.3) is 6.02 Å². The number of benzene rings is 1. The van der Waals surface area contributed by atoms with E-state index in [0.717, 1.165) is 24.2 Å². The molecule has 2 saturated heterocycles. The highest BCUT2D eigenvalue weighted by atomic mass is 35.5. The third-order valence-electron chi connectivity index (χ3n) is 6.59. The highest BCUT2D eigenvalue weighted by molar-refractivity contribution is 6.74. The van der Waals surface area contributed by atoms with E-state index in [1.165, 1.54) is 0 Å². The van der Waals surface area contributed by atoms with Gasteiger partial charge in [-0.1, -0.05) is 32.4 Å². The Labute approximate surface area is 174 Å². The number of amidine groups is 1. The zero-order chi connectivity index (χ0) is 20.9. The van der Waals surface area contributed by atoms with E-state index >= 15 is 0 Å². The van der Waals surface area contributed by atoms with Gasteiger partial charge in [0.2, 0.25) is 0 Å². The molecular weight excluding hydrogens is 390 g/mol. The van der Waals surface area contributed by atoms with Crippen molar-refractivity contribution in [2.75, 3.05) is 13.2 Å². The van der Waals surface area contributed by atoms with Gasteiger partial charge in [-0.15, -0.1) is 0 Å². The number of nitriles is 1. The number of fused-ring (bicyclic) bond motifs is 1. The highest BCUT2D eigenvalue weighted by Gasteiger charge is 2.55. The number of hydrogen-bond acceptors (Lipinski definition) is 4. The van der Waals surface area contributed by atoms with E-state index in [1.807, 2.05) is 13.0 Å². The zero-order valence-electron chi connectivity index (χ0n) is 17.9. The summed E-state index contributed by atoms with van der Waals surface area (Å²) in [6.45, 7) is 16.9. The van der Waals surface area contributed by atoms with Crippen molar-refractivity contribution in [3.05, 3.63) is 28.3 Å². The maximum Gasteiger partial charge on any atom is 0.293 e. The molecular formula is C21H30ClN3O2Si. The third kappa shape index (κ3) is 3.45. The Hall–Kier alpha value is -1.55. The quantitative estimate of drug-likeness (QED) is 0.616. The fraction of sp³-hybridized carbons (Fsp3) is 0.619. The molecule has 1 aromatic carbocycles. The number of halogens is 1. The van der Waals surface area contributed by atoms with Crippen LogP contribution in [0.4, 0.5) is 5.69 Å². The van der Waals surface area contributed by atoms with Crippen molar-refractivity contribution >= 4 is 31.6 Å². The molecule has 2 atom stereocenters. The Kier molecular flexibility index (Phi) is 5.33. The number of ether oxygens (including phenoxy) is 1. The van der Waals surface area contributed by atoms with E-state index in [0.29, 0.717) is 23.2 Å². The summed E-state index contributed by atoms with van der Waals surface area (Å²) in [4.78, 5) is 6.98. The van der Waals surface area contributed by atoms with Crippen LogP contribution in [0.2, 0.25) is 23.2 Å². The van der Waals surface area contributed by atoms with Gasteiger partial charge in [0.1, 0.15) is 18.2 Å². The molecule has 0 amide bonds. The Morgan fingerprint density at radius 1 is 1.39 bits per heavy atom. The van der Waals surface area contributed by atoms with E-state index < -0.39 is 8.32 Å². The van der Waals surface area contributed by atoms with Crippen molar-refractivity contribution in [3.8, 4) is 6.07 Å². The second kappa shape index (κ2) is 7.05. The lowest BCUT2D eigenvalue weighted by atomic mass is 9.98. The van der Waals surface area contributed by atoms with Crippen LogP contribution in [-0.2, 0) is 9.16 Å². The molecule has 2 aliphatic heterocycles. The Morgan fingerprint density at radius 2 is 2.07 bits per heavy atom. The van der Waals surface area contributed by atoms with Crippen molar-refractivity contribution in [1.29, 1.82) is 5.26 Å². The summed E-state index contributed by atoms with van der Waals surface area (Å²) in [5.41, 5.74) is 1.78. The van der Waals surface area contributed by atoms with Gasteiger partial charge < -0.3 is 14.1 Å². The molecule has 0 aliphatic carbocycles. The van der Waals surface area contributed by atoms with Crippen LogP contribution in [0, 0.1) is 18.3 Å². The Bertz CT molecular complexity index is 856. The summed E-state index contributed by atoms with van der Waals surface area (Å²) >= 11 is 6.30. The molecule has 0 radical (unpaired) electrons. The fourth-order valence-electron chi connectivity index (χ4n) is 3.56. The first-order chi connectivity index (χ1) is 12.9. The molecule has 1 aromatic rings. The smallest absolute Gasteiger partial charge is 0.293 e. The van der Waals surface area contributed by atoms with Gasteiger partial charge in [0, 0.05) is 6.54 Å². The molecule has 0 N–H and O–H groups in total. The molecule has 0 aromatic heterocycles. The van der Waals surface area contributed by atoms with Crippen LogP contribution >= 0.6 is 11.6 Å².